The minimum absolute atomic E-state index is 0. The van der Waals surface area contributed by atoms with E-state index in [1.807, 2.05) is 0 Å². The molecule has 0 atom stereocenters. The second kappa shape index (κ2) is 14.6. The standard InChI is InChI=1S/C28H22N6O7S2.2Na/c1-16(35)30-17-2-4-18(5-3-17)31-32-28-13-12-27(22-9-7-20(15-24(22)28)43(39,40)41)34-33-26-11-10-25(29)23-14-19(42(36,37)38)6-8-21(23)26;;/h2-15H,29H2,1H3,(H,30,35)(H,36,37,38)(H,39,40,41);;/q;2*+1/p-2. The molecule has 0 aliphatic rings. The molecule has 0 saturated heterocycles. The van der Waals surface area contributed by atoms with E-state index in [1.54, 1.807) is 36.4 Å². The molecule has 0 spiro atoms. The number of amides is 1. The number of nitrogen functional groups attached to an aromatic ring is 1. The molecule has 0 unspecified atom stereocenters. The Bertz CT molecular complexity index is 2210. The first-order valence-electron chi connectivity index (χ1n) is 12.3. The van der Waals surface area contributed by atoms with Gasteiger partial charge in [0.1, 0.15) is 20.2 Å². The number of carbonyl (C=O) groups excluding carboxylic acids is 1. The normalized spacial score (nSPS) is 11.9. The van der Waals surface area contributed by atoms with Gasteiger partial charge in [-0.25, -0.2) is 16.8 Å². The van der Waals surface area contributed by atoms with Gasteiger partial charge in [-0.1, -0.05) is 12.1 Å². The molecule has 1 amide bonds. The Morgan fingerprint density at radius 2 is 1.07 bits per heavy atom. The minimum Gasteiger partial charge on any atom is -0.744 e. The quantitative estimate of drug-likeness (QED) is 0.106. The minimum atomic E-state index is -4.79. The molecule has 0 fully saturated rings. The molecule has 5 aromatic carbocycles. The van der Waals surface area contributed by atoms with Crippen LogP contribution in [0.2, 0.25) is 0 Å². The van der Waals surface area contributed by atoms with Crippen molar-refractivity contribution in [3.05, 3.63) is 84.9 Å². The third-order valence-corrected chi connectivity index (χ3v) is 7.91. The van der Waals surface area contributed by atoms with Crippen LogP contribution in [0, 0.1) is 0 Å². The van der Waals surface area contributed by atoms with Crippen molar-refractivity contribution in [1.29, 1.82) is 0 Å². The summed E-state index contributed by atoms with van der Waals surface area (Å²) < 4.78 is 69.7. The molecule has 17 heteroatoms. The van der Waals surface area contributed by atoms with Gasteiger partial charge in [-0.2, -0.15) is 5.11 Å². The van der Waals surface area contributed by atoms with Crippen molar-refractivity contribution in [3.8, 4) is 0 Å². The summed E-state index contributed by atoms with van der Waals surface area (Å²) in [5.74, 6) is -0.226. The van der Waals surface area contributed by atoms with E-state index in [0.717, 1.165) is 12.1 Å². The van der Waals surface area contributed by atoms with Crippen LogP contribution in [0.3, 0.4) is 0 Å². The smallest absolute Gasteiger partial charge is 0.744 e. The Kier molecular flexibility index (Phi) is 11.8. The average Bonchev–Trinajstić information content (AvgIpc) is 2.95. The number of rotatable bonds is 7. The number of nitrogens with one attached hydrogen (secondary N) is 1. The van der Waals surface area contributed by atoms with Crippen molar-refractivity contribution < 1.29 is 89.9 Å². The zero-order valence-corrected chi connectivity index (χ0v) is 29.8. The van der Waals surface area contributed by atoms with E-state index in [4.69, 9.17) is 5.73 Å². The van der Waals surface area contributed by atoms with Crippen LogP contribution >= 0.6 is 0 Å². The number of nitrogens with two attached hydrogens (primary N) is 1. The summed E-state index contributed by atoms with van der Waals surface area (Å²) in [7, 11) is -9.50. The van der Waals surface area contributed by atoms with Crippen molar-refractivity contribution in [2.24, 2.45) is 20.5 Å². The number of fused-ring (bicyclic) bond motifs is 2. The monoisotopic (exact) mass is 662 g/mol. The average molecular weight is 663 g/mol. The van der Waals surface area contributed by atoms with Gasteiger partial charge in [0.2, 0.25) is 5.91 Å². The summed E-state index contributed by atoms with van der Waals surface area (Å²) in [6.07, 6.45) is 0. The molecule has 0 heterocycles. The number of carbonyl (C=O) groups is 1. The van der Waals surface area contributed by atoms with E-state index in [9.17, 15) is 30.7 Å². The zero-order chi connectivity index (χ0) is 30.9. The van der Waals surface area contributed by atoms with Gasteiger partial charge in [0, 0.05) is 39.8 Å². The van der Waals surface area contributed by atoms with Crippen molar-refractivity contribution in [2.75, 3.05) is 11.1 Å². The molecule has 0 radical (unpaired) electrons. The Labute approximate surface area is 302 Å². The van der Waals surface area contributed by atoms with E-state index in [0.29, 0.717) is 38.9 Å². The van der Waals surface area contributed by atoms with E-state index < -0.39 is 30.0 Å². The number of nitrogens with zero attached hydrogens (tertiary/aromatic N) is 4. The SMILES string of the molecule is CC(=O)Nc1ccc(N=Nc2ccc(N=Nc3ccc(N)c4cc(S(=O)(=O)[O-])ccc34)c3ccc(S(=O)(=O)[O-])cc23)cc1.[Na+].[Na+]. The van der Waals surface area contributed by atoms with Gasteiger partial charge in [0.05, 0.1) is 32.5 Å². The van der Waals surface area contributed by atoms with E-state index in [1.165, 1.54) is 43.3 Å². The van der Waals surface area contributed by atoms with Gasteiger partial charge in [0.25, 0.3) is 0 Å². The van der Waals surface area contributed by atoms with Gasteiger partial charge < -0.3 is 20.2 Å². The van der Waals surface area contributed by atoms with Crippen molar-refractivity contribution >= 4 is 81.8 Å². The van der Waals surface area contributed by atoms with Crippen LogP contribution in [-0.2, 0) is 25.0 Å². The molecule has 5 aromatic rings. The fraction of sp³-hybridized carbons (Fsp3) is 0.0357. The molecule has 0 saturated carbocycles. The summed E-state index contributed by atoms with van der Waals surface area (Å²) in [5, 5.41) is 21.1. The van der Waals surface area contributed by atoms with Crippen LogP contribution in [0.1, 0.15) is 6.92 Å². The zero-order valence-electron chi connectivity index (χ0n) is 24.1. The topological polar surface area (TPSA) is 219 Å². The number of benzene rings is 5. The molecule has 3 N–H and O–H groups in total. The van der Waals surface area contributed by atoms with Gasteiger partial charge >= 0.3 is 59.1 Å². The summed E-state index contributed by atoms with van der Waals surface area (Å²) >= 11 is 0. The summed E-state index contributed by atoms with van der Waals surface area (Å²) in [5.41, 5.74) is 8.11. The second-order valence-electron chi connectivity index (χ2n) is 9.23. The van der Waals surface area contributed by atoms with Crippen LogP contribution in [0.25, 0.3) is 21.5 Å². The van der Waals surface area contributed by atoms with Gasteiger partial charge in [-0.05, 0) is 72.8 Å². The van der Waals surface area contributed by atoms with Gasteiger partial charge in [0.15, 0.2) is 0 Å². The number of hydrogen-bond acceptors (Lipinski definition) is 12. The maximum Gasteiger partial charge on any atom is 1.00 e. The predicted octanol–water partition coefficient (Wildman–Crippen LogP) is 0.181. The molecular formula is C28H20N6Na2O7S2. The molecule has 0 aliphatic carbocycles. The van der Waals surface area contributed by atoms with Gasteiger partial charge in [-0.3, -0.25) is 4.79 Å². The summed E-state index contributed by atoms with van der Waals surface area (Å²) in [4.78, 5) is 10.3. The third kappa shape index (κ3) is 8.59. The van der Waals surface area contributed by atoms with Crippen LogP contribution in [-0.4, -0.2) is 31.8 Å². The summed E-state index contributed by atoms with van der Waals surface area (Å²) in [6.45, 7) is 1.39. The second-order valence-corrected chi connectivity index (χ2v) is 12.0. The molecule has 0 bridgehead atoms. The van der Waals surface area contributed by atoms with Crippen molar-refractivity contribution in [3.63, 3.8) is 0 Å². The molecular weight excluding hydrogens is 642 g/mol. The van der Waals surface area contributed by atoms with Crippen LogP contribution in [0.4, 0.5) is 34.1 Å². The van der Waals surface area contributed by atoms with Crippen molar-refractivity contribution in [2.45, 2.75) is 16.7 Å². The van der Waals surface area contributed by atoms with Crippen LogP contribution in [0.15, 0.2) is 115 Å². The number of azo groups is 2. The first-order valence-corrected chi connectivity index (χ1v) is 15.1. The van der Waals surface area contributed by atoms with E-state index >= 15 is 0 Å². The summed E-state index contributed by atoms with van der Waals surface area (Å²) in [6, 6.07) is 20.1. The largest absolute Gasteiger partial charge is 1.00 e. The van der Waals surface area contributed by atoms with Crippen LogP contribution < -0.4 is 70.2 Å². The fourth-order valence-corrected chi connectivity index (χ4v) is 5.23. The fourth-order valence-electron chi connectivity index (χ4n) is 4.24. The maximum absolute atomic E-state index is 11.8. The Morgan fingerprint density at radius 1 is 0.622 bits per heavy atom. The molecule has 45 heavy (non-hydrogen) atoms. The maximum atomic E-state index is 11.8. The number of hydrogen-bond donors (Lipinski definition) is 2. The van der Waals surface area contributed by atoms with E-state index in [2.05, 4.69) is 25.8 Å². The third-order valence-electron chi connectivity index (χ3n) is 6.24. The first-order chi connectivity index (χ1) is 20.3. The molecule has 0 aromatic heterocycles. The molecule has 13 nitrogen and oxygen atoms in total. The number of anilines is 2. The van der Waals surface area contributed by atoms with Crippen molar-refractivity contribution in [1.82, 2.24) is 0 Å². The molecule has 5 rings (SSSR count). The predicted molar refractivity (Wildman–Crippen MR) is 157 cm³/mol. The Morgan fingerprint density at radius 3 is 1.58 bits per heavy atom. The molecule has 218 valence electrons. The Balaban J connectivity index is 0.00000276. The van der Waals surface area contributed by atoms with E-state index in [-0.39, 0.29) is 81.8 Å². The molecule has 0 aliphatic heterocycles. The van der Waals surface area contributed by atoms with Gasteiger partial charge in [-0.15, -0.1) is 15.3 Å². The Hall–Kier alpha value is -3.09. The van der Waals surface area contributed by atoms with Crippen LogP contribution in [0.5, 0.6) is 0 Å². The first kappa shape index (κ1) is 36.4.